The lowest BCUT2D eigenvalue weighted by molar-refractivity contribution is -0.0901. The Morgan fingerprint density at radius 1 is 1.09 bits per heavy atom. The molecule has 6 heteroatoms. The number of ether oxygens (including phenoxy) is 3. The molecule has 2 heterocycles. The molecule has 0 amide bonds. The van der Waals surface area contributed by atoms with Crippen molar-refractivity contribution < 1.29 is 23.5 Å². The molecule has 1 unspecified atom stereocenters. The summed E-state index contributed by atoms with van der Waals surface area (Å²) in [6.07, 6.45) is -0.0594. The minimum Gasteiger partial charge on any atom is -0.497 e. The van der Waals surface area contributed by atoms with Crippen LogP contribution in [0.4, 0.5) is 0 Å². The average molecular weight is 320 g/mol. The molecule has 0 radical (unpaired) electrons. The van der Waals surface area contributed by atoms with Gasteiger partial charge in [-0.2, -0.15) is 0 Å². The fourth-order valence-electron chi connectivity index (χ4n) is 2.79. The van der Waals surface area contributed by atoms with E-state index < -0.39 is 7.12 Å². The summed E-state index contributed by atoms with van der Waals surface area (Å²) in [6.45, 7) is 10.0. The van der Waals surface area contributed by atoms with Gasteiger partial charge < -0.3 is 23.5 Å². The Labute approximate surface area is 138 Å². The highest BCUT2D eigenvalue weighted by Crippen LogP contribution is 2.37. The van der Waals surface area contributed by atoms with Gasteiger partial charge in [0.1, 0.15) is 11.9 Å². The van der Waals surface area contributed by atoms with Crippen LogP contribution in [0, 0.1) is 0 Å². The van der Waals surface area contributed by atoms with Crippen LogP contribution in [0.1, 0.15) is 39.4 Å². The Balaban J connectivity index is 1.91. The second-order valence-corrected chi connectivity index (χ2v) is 7.02. The zero-order valence-corrected chi connectivity index (χ0v) is 14.5. The van der Waals surface area contributed by atoms with Crippen LogP contribution in [0.25, 0.3) is 0 Å². The summed E-state index contributed by atoms with van der Waals surface area (Å²) in [6, 6.07) is 5.99. The maximum atomic E-state index is 6.16. The van der Waals surface area contributed by atoms with E-state index >= 15 is 0 Å². The number of methoxy groups -OCH3 is 1. The lowest BCUT2D eigenvalue weighted by atomic mass is 9.77. The Hall–Kier alpha value is -1.08. The molecule has 1 atom stereocenters. The zero-order chi connectivity index (χ0) is 16.7. The van der Waals surface area contributed by atoms with Gasteiger partial charge in [0, 0.05) is 5.46 Å². The van der Waals surface area contributed by atoms with Gasteiger partial charge in [0.2, 0.25) is 0 Å². The van der Waals surface area contributed by atoms with Crippen molar-refractivity contribution in [3.05, 3.63) is 23.8 Å². The van der Waals surface area contributed by atoms with E-state index in [4.69, 9.17) is 23.5 Å². The van der Waals surface area contributed by atoms with Crippen molar-refractivity contribution in [2.24, 2.45) is 0 Å². The van der Waals surface area contributed by atoms with Gasteiger partial charge >= 0.3 is 7.12 Å². The van der Waals surface area contributed by atoms with Gasteiger partial charge in [-0.15, -0.1) is 0 Å². The minimum absolute atomic E-state index is 0.0594. The molecular weight excluding hydrogens is 295 g/mol. The summed E-state index contributed by atoms with van der Waals surface area (Å²) in [5, 5.41) is 0. The molecule has 0 bridgehead atoms. The molecule has 23 heavy (non-hydrogen) atoms. The summed E-state index contributed by atoms with van der Waals surface area (Å²) in [5.74, 6) is 0.754. The van der Waals surface area contributed by atoms with E-state index in [1.807, 2.05) is 45.9 Å². The average Bonchev–Trinajstić information content (AvgIpc) is 2.75. The largest absolute Gasteiger partial charge is 0.498 e. The predicted octanol–water partition coefficient (Wildman–Crippen LogP) is 2.08. The van der Waals surface area contributed by atoms with E-state index in [0.29, 0.717) is 19.8 Å². The Bertz CT molecular complexity index is 550. The maximum absolute atomic E-state index is 6.16. The SMILES string of the molecule is COc1ccc(C2COCCO2)cc1B1OC(C)(C)C(C)(C)O1. The first-order valence-corrected chi connectivity index (χ1v) is 8.07. The molecule has 2 fully saturated rings. The van der Waals surface area contributed by atoms with Crippen LogP contribution in [-0.4, -0.2) is 45.3 Å². The Morgan fingerprint density at radius 3 is 2.35 bits per heavy atom. The van der Waals surface area contributed by atoms with Gasteiger partial charge in [-0.25, -0.2) is 0 Å². The van der Waals surface area contributed by atoms with Crippen LogP contribution < -0.4 is 10.2 Å². The van der Waals surface area contributed by atoms with Crippen molar-refractivity contribution in [2.75, 3.05) is 26.9 Å². The van der Waals surface area contributed by atoms with Gasteiger partial charge in [-0.05, 0) is 39.3 Å². The molecule has 5 nitrogen and oxygen atoms in total. The van der Waals surface area contributed by atoms with Crippen molar-refractivity contribution in [1.29, 1.82) is 0 Å². The first-order chi connectivity index (χ1) is 10.8. The molecule has 2 aliphatic rings. The second kappa shape index (κ2) is 6.09. The number of hydrogen-bond acceptors (Lipinski definition) is 5. The van der Waals surface area contributed by atoms with Crippen molar-refractivity contribution in [3.8, 4) is 5.75 Å². The van der Waals surface area contributed by atoms with Crippen molar-refractivity contribution >= 4 is 12.6 Å². The first kappa shape index (κ1) is 16.8. The third kappa shape index (κ3) is 3.13. The predicted molar refractivity (Wildman–Crippen MR) is 88.2 cm³/mol. The first-order valence-electron chi connectivity index (χ1n) is 8.07. The van der Waals surface area contributed by atoms with Gasteiger partial charge in [0.05, 0.1) is 38.1 Å². The summed E-state index contributed by atoms with van der Waals surface area (Å²) in [4.78, 5) is 0. The van der Waals surface area contributed by atoms with Gasteiger partial charge in [0.25, 0.3) is 0 Å². The molecule has 2 saturated heterocycles. The van der Waals surface area contributed by atoms with Crippen LogP contribution in [0.2, 0.25) is 0 Å². The van der Waals surface area contributed by atoms with E-state index in [1.54, 1.807) is 7.11 Å². The van der Waals surface area contributed by atoms with Crippen LogP contribution in [0.15, 0.2) is 18.2 Å². The normalized spacial score (nSPS) is 26.3. The molecule has 126 valence electrons. The highest BCUT2D eigenvalue weighted by Gasteiger charge is 2.52. The minimum atomic E-state index is -0.459. The molecule has 1 aromatic rings. The monoisotopic (exact) mass is 320 g/mol. The van der Waals surface area contributed by atoms with Gasteiger partial charge in [0.15, 0.2) is 0 Å². The Morgan fingerprint density at radius 2 is 1.78 bits per heavy atom. The molecule has 2 aliphatic heterocycles. The quantitative estimate of drug-likeness (QED) is 0.798. The summed E-state index contributed by atoms with van der Waals surface area (Å²) in [5.41, 5.74) is 1.17. The third-order valence-electron chi connectivity index (χ3n) is 4.95. The zero-order valence-electron chi connectivity index (χ0n) is 14.5. The highest BCUT2D eigenvalue weighted by atomic mass is 16.7. The molecule has 0 saturated carbocycles. The molecular formula is C17H25BO5. The van der Waals surface area contributed by atoms with E-state index in [-0.39, 0.29) is 17.3 Å². The molecule has 0 spiro atoms. The van der Waals surface area contributed by atoms with Crippen molar-refractivity contribution in [1.82, 2.24) is 0 Å². The third-order valence-corrected chi connectivity index (χ3v) is 4.95. The highest BCUT2D eigenvalue weighted by molar-refractivity contribution is 6.63. The summed E-state index contributed by atoms with van der Waals surface area (Å²) >= 11 is 0. The fraction of sp³-hybridized carbons (Fsp3) is 0.647. The summed E-state index contributed by atoms with van der Waals surface area (Å²) in [7, 11) is 1.20. The molecule has 0 aliphatic carbocycles. The van der Waals surface area contributed by atoms with E-state index in [1.165, 1.54) is 0 Å². The lowest BCUT2D eigenvalue weighted by Gasteiger charge is -2.32. The van der Waals surface area contributed by atoms with Gasteiger partial charge in [-0.1, -0.05) is 12.1 Å². The lowest BCUT2D eigenvalue weighted by Crippen LogP contribution is -2.41. The second-order valence-electron chi connectivity index (χ2n) is 7.02. The van der Waals surface area contributed by atoms with E-state index in [9.17, 15) is 0 Å². The number of benzene rings is 1. The fourth-order valence-corrected chi connectivity index (χ4v) is 2.79. The maximum Gasteiger partial charge on any atom is 0.498 e. The molecule has 3 rings (SSSR count). The van der Waals surface area contributed by atoms with E-state index in [0.717, 1.165) is 16.8 Å². The van der Waals surface area contributed by atoms with Crippen molar-refractivity contribution in [2.45, 2.75) is 45.0 Å². The molecule has 0 N–H and O–H groups in total. The van der Waals surface area contributed by atoms with Crippen LogP contribution in [0.5, 0.6) is 5.75 Å². The van der Waals surface area contributed by atoms with Crippen LogP contribution in [-0.2, 0) is 18.8 Å². The number of rotatable bonds is 3. The Kier molecular flexibility index (Phi) is 4.44. The van der Waals surface area contributed by atoms with Gasteiger partial charge in [-0.3, -0.25) is 0 Å². The molecule has 1 aromatic carbocycles. The van der Waals surface area contributed by atoms with Crippen LogP contribution in [0.3, 0.4) is 0 Å². The van der Waals surface area contributed by atoms with Crippen LogP contribution >= 0.6 is 0 Å². The standard InChI is InChI=1S/C17H25BO5/c1-16(2)17(3,4)23-18(22-16)13-10-12(6-7-14(13)19-5)15-11-20-8-9-21-15/h6-7,10,15H,8-9,11H2,1-5H3. The topological polar surface area (TPSA) is 46.2 Å². The molecule has 0 aromatic heterocycles. The smallest absolute Gasteiger partial charge is 0.497 e. The van der Waals surface area contributed by atoms with Crippen molar-refractivity contribution in [3.63, 3.8) is 0 Å². The van der Waals surface area contributed by atoms with E-state index in [2.05, 4.69) is 0 Å². The summed E-state index contributed by atoms with van der Waals surface area (Å²) < 4.78 is 29.1. The number of hydrogen-bond donors (Lipinski definition) is 0.